The molecular weight excluding hydrogens is 326 g/mol. The van der Waals surface area contributed by atoms with Gasteiger partial charge in [0.2, 0.25) is 0 Å². The van der Waals surface area contributed by atoms with E-state index >= 15 is 0 Å². The summed E-state index contributed by atoms with van der Waals surface area (Å²) < 4.78 is 0. The average molecular weight is 349 g/mol. The van der Waals surface area contributed by atoms with Gasteiger partial charge in [0.1, 0.15) is 0 Å². The van der Waals surface area contributed by atoms with E-state index in [1.807, 2.05) is 30.7 Å². The lowest BCUT2D eigenvalue weighted by Crippen LogP contribution is -2.45. The maximum absolute atomic E-state index is 6.08. The second-order valence-corrected chi connectivity index (χ2v) is 7.46. The van der Waals surface area contributed by atoms with Gasteiger partial charge in [-0.3, -0.25) is 10.0 Å². The second kappa shape index (κ2) is 5.95. The molecule has 3 atom stereocenters. The number of nitrogens with one attached hydrogen (secondary N) is 1. The summed E-state index contributed by atoms with van der Waals surface area (Å²) in [6.45, 7) is 1.70. The number of aliphatic imine (C=N–C) groups is 2. The number of nitrogens with zero attached hydrogens (tertiary/aromatic N) is 5. The number of amidine groups is 2. The Balaban J connectivity index is 1.34. The van der Waals surface area contributed by atoms with E-state index < -0.39 is 0 Å². The lowest BCUT2D eigenvalue weighted by molar-refractivity contribution is 0.299. The molecule has 0 aromatic heterocycles. The summed E-state index contributed by atoms with van der Waals surface area (Å²) >= 11 is 0. The van der Waals surface area contributed by atoms with Gasteiger partial charge in [-0.05, 0) is 36.1 Å². The number of hydrogen-bond donors (Lipinski definition) is 2. The summed E-state index contributed by atoms with van der Waals surface area (Å²) in [7, 11) is 2.01. The van der Waals surface area contributed by atoms with Crippen LogP contribution in [-0.2, 0) is 12.8 Å². The van der Waals surface area contributed by atoms with Crippen LogP contribution in [0.5, 0.6) is 0 Å². The van der Waals surface area contributed by atoms with E-state index in [-0.39, 0.29) is 6.04 Å². The molecule has 3 aliphatic heterocycles. The Morgan fingerprint density at radius 3 is 2.96 bits per heavy atom. The zero-order chi connectivity index (χ0) is 17.7. The number of nitrogens with two attached hydrogens (primary N) is 1. The lowest BCUT2D eigenvalue weighted by Gasteiger charge is -2.29. The maximum atomic E-state index is 6.08. The van der Waals surface area contributed by atoms with Crippen molar-refractivity contribution < 1.29 is 0 Å². The zero-order valence-electron chi connectivity index (χ0n) is 14.8. The van der Waals surface area contributed by atoms with Crippen LogP contribution in [0.4, 0.5) is 5.69 Å². The van der Waals surface area contributed by atoms with Crippen LogP contribution in [0.1, 0.15) is 11.1 Å². The van der Waals surface area contributed by atoms with Crippen molar-refractivity contribution in [2.75, 3.05) is 25.5 Å². The predicted octanol–water partition coefficient (Wildman–Crippen LogP) is 1.04. The molecule has 0 fully saturated rings. The van der Waals surface area contributed by atoms with E-state index in [1.165, 1.54) is 11.1 Å². The largest absolute Gasteiger partial charge is 0.337 e. The topological polar surface area (TPSA) is 81.6 Å². The fourth-order valence-electron chi connectivity index (χ4n) is 4.24. The van der Waals surface area contributed by atoms with Crippen molar-refractivity contribution in [3.8, 4) is 0 Å². The van der Waals surface area contributed by atoms with Crippen molar-refractivity contribution >= 4 is 23.6 Å². The number of fused-ring (bicyclic) bond motifs is 2. The molecule has 0 spiro atoms. The molecule has 3 heterocycles. The molecule has 1 aromatic carbocycles. The van der Waals surface area contributed by atoms with Crippen LogP contribution in [-0.4, -0.2) is 60.0 Å². The van der Waals surface area contributed by atoms with E-state index in [9.17, 15) is 0 Å². The van der Waals surface area contributed by atoms with Crippen LogP contribution in [0.15, 0.2) is 45.7 Å². The smallest absolute Gasteiger partial charge is 0.173 e. The minimum Gasteiger partial charge on any atom is -0.337 e. The summed E-state index contributed by atoms with van der Waals surface area (Å²) in [4.78, 5) is 11.5. The molecular formula is C19H23N7. The molecule has 1 aliphatic carbocycles. The average Bonchev–Trinajstić information content (AvgIpc) is 3.32. The van der Waals surface area contributed by atoms with Crippen molar-refractivity contribution in [2.24, 2.45) is 26.7 Å². The molecule has 0 radical (unpaired) electrons. The monoisotopic (exact) mass is 349 g/mol. The van der Waals surface area contributed by atoms with Gasteiger partial charge in [-0.25, -0.2) is 4.99 Å². The van der Waals surface area contributed by atoms with Gasteiger partial charge in [0, 0.05) is 49.9 Å². The van der Waals surface area contributed by atoms with Crippen LogP contribution >= 0.6 is 0 Å². The Morgan fingerprint density at radius 1 is 1.23 bits per heavy atom. The van der Waals surface area contributed by atoms with Crippen LogP contribution in [0.25, 0.3) is 0 Å². The first-order chi connectivity index (χ1) is 12.7. The Hall–Kier alpha value is -2.67. The van der Waals surface area contributed by atoms with Gasteiger partial charge in [-0.15, -0.1) is 0 Å². The summed E-state index contributed by atoms with van der Waals surface area (Å²) in [6, 6.07) is 7.02. The second-order valence-electron chi connectivity index (χ2n) is 7.46. The number of anilines is 1. The fourth-order valence-corrected chi connectivity index (χ4v) is 4.24. The minimum absolute atomic E-state index is 0.247. The van der Waals surface area contributed by atoms with E-state index in [1.54, 1.807) is 0 Å². The highest BCUT2D eigenvalue weighted by Crippen LogP contribution is 2.27. The Labute approximate surface area is 153 Å². The molecule has 7 heteroatoms. The van der Waals surface area contributed by atoms with E-state index in [0.29, 0.717) is 12.0 Å². The Bertz CT molecular complexity index is 853. The Kier molecular flexibility index (Phi) is 3.56. The molecule has 0 saturated heterocycles. The molecule has 3 unspecified atom stereocenters. The SMILES string of the molecule is CN1CC(C2CN=C3C(Nc4ccc5c(c4)CC(N)C5)=NC=CN32)C=N1. The molecule has 4 aliphatic rings. The third-order valence-electron chi connectivity index (χ3n) is 5.53. The molecule has 1 aromatic rings. The van der Waals surface area contributed by atoms with Crippen molar-refractivity contribution in [2.45, 2.75) is 24.9 Å². The highest BCUT2D eigenvalue weighted by Gasteiger charge is 2.37. The van der Waals surface area contributed by atoms with Crippen molar-refractivity contribution in [1.82, 2.24) is 9.91 Å². The Morgan fingerprint density at radius 2 is 2.12 bits per heavy atom. The summed E-state index contributed by atoms with van der Waals surface area (Å²) in [5.41, 5.74) is 9.82. The first-order valence-electron chi connectivity index (χ1n) is 9.14. The van der Waals surface area contributed by atoms with Gasteiger partial charge in [0.25, 0.3) is 0 Å². The predicted molar refractivity (Wildman–Crippen MR) is 105 cm³/mol. The van der Waals surface area contributed by atoms with E-state index in [2.05, 4.69) is 38.5 Å². The third-order valence-corrected chi connectivity index (χ3v) is 5.53. The van der Waals surface area contributed by atoms with Gasteiger partial charge >= 0.3 is 0 Å². The molecule has 0 amide bonds. The molecule has 5 rings (SSSR count). The third kappa shape index (κ3) is 2.59. The zero-order valence-corrected chi connectivity index (χ0v) is 14.8. The van der Waals surface area contributed by atoms with Crippen LogP contribution in [0.2, 0.25) is 0 Å². The first-order valence-corrected chi connectivity index (χ1v) is 9.14. The van der Waals surface area contributed by atoms with E-state index in [4.69, 9.17) is 10.7 Å². The molecule has 0 saturated carbocycles. The molecule has 26 heavy (non-hydrogen) atoms. The summed E-state index contributed by atoms with van der Waals surface area (Å²) in [5.74, 6) is 2.10. The van der Waals surface area contributed by atoms with Crippen molar-refractivity contribution in [3.63, 3.8) is 0 Å². The van der Waals surface area contributed by atoms with Gasteiger partial charge in [-0.1, -0.05) is 6.07 Å². The van der Waals surface area contributed by atoms with Gasteiger partial charge in [0.05, 0.1) is 12.6 Å². The van der Waals surface area contributed by atoms with Crippen molar-refractivity contribution in [1.29, 1.82) is 0 Å². The number of rotatable bonds is 2. The van der Waals surface area contributed by atoms with Crippen LogP contribution < -0.4 is 11.1 Å². The summed E-state index contributed by atoms with van der Waals surface area (Å²) in [5, 5.41) is 9.82. The molecule has 134 valence electrons. The summed E-state index contributed by atoms with van der Waals surface area (Å²) in [6.07, 6.45) is 7.83. The van der Waals surface area contributed by atoms with Crippen LogP contribution in [0, 0.1) is 5.92 Å². The highest BCUT2D eigenvalue weighted by atomic mass is 15.5. The lowest BCUT2D eigenvalue weighted by atomic mass is 10.0. The van der Waals surface area contributed by atoms with Gasteiger partial charge < -0.3 is 16.0 Å². The maximum Gasteiger partial charge on any atom is 0.173 e. The quantitative estimate of drug-likeness (QED) is 0.836. The number of hydrazone groups is 1. The molecule has 3 N–H and O–H groups in total. The number of hydrogen-bond acceptors (Lipinski definition) is 7. The van der Waals surface area contributed by atoms with Gasteiger partial charge in [0.15, 0.2) is 11.7 Å². The minimum atomic E-state index is 0.247. The first kappa shape index (κ1) is 15.6. The molecule has 0 bridgehead atoms. The van der Waals surface area contributed by atoms with Crippen LogP contribution in [0.3, 0.4) is 0 Å². The molecule has 7 nitrogen and oxygen atoms in total. The highest BCUT2D eigenvalue weighted by molar-refractivity contribution is 6.45. The van der Waals surface area contributed by atoms with E-state index in [0.717, 1.165) is 43.3 Å². The normalized spacial score (nSPS) is 28.9. The van der Waals surface area contributed by atoms with Crippen molar-refractivity contribution in [3.05, 3.63) is 41.7 Å². The fraction of sp³-hybridized carbons (Fsp3) is 0.421. The number of benzene rings is 1. The van der Waals surface area contributed by atoms with Gasteiger partial charge in [-0.2, -0.15) is 5.10 Å². The standard InChI is InChI=1S/C19H23N7/c1-25-11-14(9-23-25)17-10-22-19-18(21-4-5-26(17)19)24-16-3-2-12-6-15(20)7-13(12)8-16/h2-5,8-9,14-15,17H,6-7,10-11,20H2,1H3,(H,21,24).